The molecule has 29 heavy (non-hydrogen) atoms. The zero-order valence-corrected chi connectivity index (χ0v) is 16.6. The largest absolute Gasteiger partial charge is 0.325 e. The average Bonchev–Trinajstić information content (AvgIpc) is 3.51. The molecule has 3 aromatic heterocycles. The molecule has 4 aromatic rings. The van der Waals surface area contributed by atoms with Crippen molar-refractivity contribution in [2.45, 2.75) is 18.8 Å². The Labute approximate surface area is 174 Å². The summed E-state index contributed by atoms with van der Waals surface area (Å²) in [6.45, 7) is 0. The van der Waals surface area contributed by atoms with Crippen molar-refractivity contribution in [1.82, 2.24) is 19.7 Å². The van der Waals surface area contributed by atoms with Crippen LogP contribution < -0.4 is 5.32 Å². The fraction of sp³-hybridized carbons (Fsp3) is 0.182. The Morgan fingerprint density at radius 2 is 1.97 bits per heavy atom. The van der Waals surface area contributed by atoms with E-state index in [1.54, 1.807) is 18.3 Å². The highest BCUT2D eigenvalue weighted by Crippen LogP contribution is 2.42. The summed E-state index contributed by atoms with van der Waals surface area (Å²) in [5, 5.41) is 17.8. The van der Waals surface area contributed by atoms with Gasteiger partial charge in [0.1, 0.15) is 11.6 Å². The molecule has 7 heteroatoms. The van der Waals surface area contributed by atoms with Gasteiger partial charge >= 0.3 is 0 Å². The molecule has 0 amide bonds. The van der Waals surface area contributed by atoms with Crippen LogP contribution in [-0.4, -0.2) is 19.7 Å². The van der Waals surface area contributed by atoms with Crippen molar-refractivity contribution in [3.63, 3.8) is 0 Å². The van der Waals surface area contributed by atoms with Crippen LogP contribution >= 0.6 is 12.4 Å². The van der Waals surface area contributed by atoms with Crippen LogP contribution in [0.4, 0.5) is 11.6 Å². The number of fused-ring (bicyclic) bond motifs is 1. The molecule has 144 valence electrons. The molecule has 5 rings (SSSR count). The van der Waals surface area contributed by atoms with Crippen LogP contribution in [0.2, 0.25) is 0 Å². The van der Waals surface area contributed by atoms with Crippen LogP contribution in [-0.2, 0) is 7.05 Å². The van der Waals surface area contributed by atoms with Crippen molar-refractivity contribution in [3.8, 4) is 17.3 Å². The third-order valence-corrected chi connectivity index (χ3v) is 5.08. The number of anilines is 2. The Hall–Kier alpha value is -3.43. The predicted molar refractivity (Wildman–Crippen MR) is 115 cm³/mol. The van der Waals surface area contributed by atoms with E-state index in [2.05, 4.69) is 51.8 Å². The van der Waals surface area contributed by atoms with Gasteiger partial charge in [0.2, 0.25) is 0 Å². The van der Waals surface area contributed by atoms with Crippen LogP contribution in [0.1, 0.15) is 29.9 Å². The second-order valence-electron chi connectivity index (χ2n) is 7.15. The monoisotopic (exact) mass is 402 g/mol. The Morgan fingerprint density at radius 1 is 1.10 bits per heavy atom. The molecule has 3 heterocycles. The standard InChI is InChI=1S/C22H18N6.ClH/c1-28-20-5-4-16(9-18(20)13-25-28)19-10-17(15-2-3-15)11-22(26-19)27-21-8-14(12-23)6-7-24-21;/h4-11,13,15H,2-3H2,1H3,(H,24,26,27);1H. The number of nitrogens with one attached hydrogen (secondary N) is 1. The summed E-state index contributed by atoms with van der Waals surface area (Å²) in [4.78, 5) is 9.12. The second-order valence-corrected chi connectivity index (χ2v) is 7.15. The Balaban J connectivity index is 0.00000205. The third kappa shape index (κ3) is 3.78. The zero-order chi connectivity index (χ0) is 19.1. The van der Waals surface area contributed by atoms with Crippen LogP contribution in [0.25, 0.3) is 22.2 Å². The number of pyridine rings is 2. The number of rotatable bonds is 4. The van der Waals surface area contributed by atoms with Crippen molar-refractivity contribution in [2.24, 2.45) is 7.05 Å². The Kier molecular flexibility index (Phi) is 4.91. The van der Waals surface area contributed by atoms with Gasteiger partial charge in [0, 0.05) is 24.2 Å². The molecule has 0 saturated heterocycles. The SMILES string of the molecule is Cl.Cn1ncc2cc(-c3cc(C4CC4)cc(Nc4cc(C#N)ccn4)n3)ccc21. The first-order valence-electron chi connectivity index (χ1n) is 9.27. The van der Waals surface area contributed by atoms with Gasteiger partial charge in [-0.3, -0.25) is 4.68 Å². The van der Waals surface area contributed by atoms with E-state index in [1.165, 1.54) is 18.4 Å². The van der Waals surface area contributed by atoms with Crippen molar-refractivity contribution in [1.29, 1.82) is 5.26 Å². The molecule has 0 atom stereocenters. The molecule has 0 radical (unpaired) electrons. The van der Waals surface area contributed by atoms with Crippen molar-refractivity contribution in [2.75, 3.05) is 5.32 Å². The van der Waals surface area contributed by atoms with Crippen molar-refractivity contribution < 1.29 is 0 Å². The van der Waals surface area contributed by atoms with Gasteiger partial charge in [-0.2, -0.15) is 10.4 Å². The van der Waals surface area contributed by atoms with E-state index in [-0.39, 0.29) is 12.4 Å². The number of nitriles is 1. The number of halogens is 1. The molecule has 0 aliphatic heterocycles. The lowest BCUT2D eigenvalue weighted by atomic mass is 10.0. The Bertz CT molecular complexity index is 1240. The van der Waals surface area contributed by atoms with Gasteiger partial charge in [-0.15, -0.1) is 12.4 Å². The number of aromatic nitrogens is 4. The highest BCUT2D eigenvalue weighted by atomic mass is 35.5. The lowest BCUT2D eigenvalue weighted by molar-refractivity contribution is 0.797. The summed E-state index contributed by atoms with van der Waals surface area (Å²) >= 11 is 0. The summed E-state index contributed by atoms with van der Waals surface area (Å²) in [5.41, 5.74) is 4.94. The number of hydrogen-bond acceptors (Lipinski definition) is 5. The van der Waals surface area contributed by atoms with E-state index >= 15 is 0 Å². The van der Waals surface area contributed by atoms with Gasteiger partial charge < -0.3 is 5.32 Å². The molecular formula is C22H19ClN6. The maximum atomic E-state index is 9.11. The topological polar surface area (TPSA) is 79.4 Å². The smallest absolute Gasteiger partial charge is 0.132 e. The minimum atomic E-state index is 0. The van der Waals surface area contributed by atoms with Crippen molar-refractivity contribution >= 4 is 34.9 Å². The van der Waals surface area contributed by atoms with E-state index in [0.29, 0.717) is 17.3 Å². The molecule has 0 unspecified atom stereocenters. The summed E-state index contributed by atoms with van der Waals surface area (Å²) in [5.74, 6) is 1.96. The van der Waals surface area contributed by atoms with Gasteiger partial charge in [-0.25, -0.2) is 9.97 Å². The van der Waals surface area contributed by atoms with Crippen LogP contribution in [0, 0.1) is 11.3 Å². The molecule has 6 nitrogen and oxygen atoms in total. The van der Waals surface area contributed by atoms with E-state index in [1.807, 2.05) is 17.9 Å². The minimum Gasteiger partial charge on any atom is -0.325 e. The predicted octanol–water partition coefficient (Wildman–Crippen LogP) is 4.94. The zero-order valence-electron chi connectivity index (χ0n) is 15.8. The van der Waals surface area contributed by atoms with E-state index in [4.69, 9.17) is 10.2 Å². The maximum absolute atomic E-state index is 9.11. The quantitative estimate of drug-likeness (QED) is 0.522. The van der Waals surface area contributed by atoms with Crippen LogP contribution in [0.3, 0.4) is 0 Å². The normalized spacial score (nSPS) is 13.0. The Morgan fingerprint density at radius 3 is 2.76 bits per heavy atom. The molecule has 0 bridgehead atoms. The highest BCUT2D eigenvalue weighted by molar-refractivity contribution is 5.85. The number of nitrogens with zero attached hydrogens (tertiary/aromatic N) is 5. The lowest BCUT2D eigenvalue weighted by Crippen LogP contribution is -1.99. The fourth-order valence-corrected chi connectivity index (χ4v) is 3.44. The number of benzene rings is 1. The van der Waals surface area contributed by atoms with Gasteiger partial charge in [0.25, 0.3) is 0 Å². The molecule has 1 saturated carbocycles. The molecular weight excluding hydrogens is 384 g/mol. The lowest BCUT2D eigenvalue weighted by Gasteiger charge is -2.11. The molecule has 1 aliphatic carbocycles. The van der Waals surface area contributed by atoms with Crippen LogP contribution in [0.15, 0.2) is 54.9 Å². The molecule has 0 spiro atoms. The fourth-order valence-electron chi connectivity index (χ4n) is 3.44. The van der Waals surface area contributed by atoms with Crippen molar-refractivity contribution in [3.05, 3.63) is 66.0 Å². The second kappa shape index (κ2) is 7.53. The molecule has 1 aromatic carbocycles. The molecule has 1 fully saturated rings. The summed E-state index contributed by atoms with van der Waals surface area (Å²) < 4.78 is 1.87. The average molecular weight is 403 g/mol. The summed E-state index contributed by atoms with van der Waals surface area (Å²) in [7, 11) is 1.94. The van der Waals surface area contributed by atoms with E-state index in [0.717, 1.165) is 28.0 Å². The third-order valence-electron chi connectivity index (χ3n) is 5.08. The summed E-state index contributed by atoms with van der Waals surface area (Å²) in [6, 6.07) is 16.1. The first-order valence-corrected chi connectivity index (χ1v) is 9.27. The van der Waals surface area contributed by atoms with Gasteiger partial charge in [-0.1, -0.05) is 6.07 Å². The van der Waals surface area contributed by atoms with E-state index in [9.17, 15) is 0 Å². The number of aryl methyl sites for hydroxylation is 1. The molecule has 1 N–H and O–H groups in total. The van der Waals surface area contributed by atoms with Gasteiger partial charge in [0.15, 0.2) is 0 Å². The van der Waals surface area contributed by atoms with Gasteiger partial charge in [0.05, 0.1) is 29.0 Å². The maximum Gasteiger partial charge on any atom is 0.132 e. The first kappa shape index (κ1) is 18.9. The summed E-state index contributed by atoms with van der Waals surface area (Å²) in [6.07, 6.45) is 5.93. The number of hydrogen-bond donors (Lipinski definition) is 1. The minimum absolute atomic E-state index is 0. The first-order chi connectivity index (χ1) is 13.7. The van der Waals surface area contributed by atoms with Crippen LogP contribution in [0.5, 0.6) is 0 Å². The van der Waals surface area contributed by atoms with E-state index < -0.39 is 0 Å². The highest BCUT2D eigenvalue weighted by Gasteiger charge is 2.25. The van der Waals surface area contributed by atoms with Gasteiger partial charge in [-0.05, 0) is 60.7 Å². The molecule has 1 aliphatic rings.